The van der Waals surface area contributed by atoms with Crippen LogP contribution in [-0.4, -0.2) is 36.2 Å². The minimum absolute atomic E-state index is 0.0441. The van der Waals surface area contributed by atoms with Gasteiger partial charge in [0.25, 0.3) is 0 Å². The molecule has 3 N–H and O–H groups in total. The molecule has 160 valence electrons. The summed E-state index contributed by atoms with van der Waals surface area (Å²) in [6.07, 6.45) is 2.21. The summed E-state index contributed by atoms with van der Waals surface area (Å²) in [6.45, 7) is 4.38. The molecule has 0 fully saturated rings. The summed E-state index contributed by atoms with van der Waals surface area (Å²) in [4.78, 5) is 19.8. The number of nitrogens with one attached hydrogen (secondary N) is 3. The van der Waals surface area contributed by atoms with Gasteiger partial charge in [-0.2, -0.15) is 4.98 Å². The maximum Gasteiger partial charge on any atom is 0.247 e. The fourth-order valence-corrected chi connectivity index (χ4v) is 2.53. The number of hydrogen-bond acceptors (Lipinski definition) is 7. The molecule has 8 nitrogen and oxygen atoms in total. The van der Waals surface area contributed by atoms with Crippen LogP contribution in [0.25, 0.3) is 0 Å². The van der Waals surface area contributed by atoms with E-state index >= 15 is 0 Å². The SMILES string of the molecule is C=CC(=O)Nc1ccccc1Nc1nc(Nc2ccc(OCCOC)cc2)ncc1F. The van der Waals surface area contributed by atoms with E-state index in [0.717, 1.165) is 12.3 Å². The first kappa shape index (κ1) is 21.7. The topological polar surface area (TPSA) is 97.4 Å². The number of rotatable bonds is 10. The lowest BCUT2D eigenvalue weighted by molar-refractivity contribution is -0.111. The lowest BCUT2D eigenvalue weighted by atomic mass is 10.2. The van der Waals surface area contributed by atoms with E-state index in [0.29, 0.717) is 36.0 Å². The number of hydrogen-bond donors (Lipinski definition) is 3. The van der Waals surface area contributed by atoms with Gasteiger partial charge in [0.1, 0.15) is 12.4 Å². The minimum atomic E-state index is -0.641. The number of para-hydroxylation sites is 2. The molecular formula is C22H22FN5O3. The van der Waals surface area contributed by atoms with Crippen LogP contribution >= 0.6 is 0 Å². The van der Waals surface area contributed by atoms with Gasteiger partial charge in [-0.25, -0.2) is 9.37 Å². The smallest absolute Gasteiger partial charge is 0.247 e. The molecule has 0 unspecified atom stereocenters. The number of amides is 1. The Morgan fingerprint density at radius 3 is 2.55 bits per heavy atom. The predicted molar refractivity (Wildman–Crippen MR) is 118 cm³/mol. The molecule has 0 saturated carbocycles. The van der Waals surface area contributed by atoms with Gasteiger partial charge in [-0.3, -0.25) is 4.79 Å². The maximum absolute atomic E-state index is 14.3. The van der Waals surface area contributed by atoms with Crippen LogP contribution in [-0.2, 0) is 9.53 Å². The molecule has 0 aliphatic heterocycles. The van der Waals surface area contributed by atoms with Gasteiger partial charge in [0, 0.05) is 12.8 Å². The second kappa shape index (κ2) is 10.7. The molecule has 1 heterocycles. The second-order valence-corrected chi connectivity index (χ2v) is 6.24. The van der Waals surface area contributed by atoms with E-state index in [-0.39, 0.29) is 17.7 Å². The van der Waals surface area contributed by atoms with Crippen molar-refractivity contribution in [3.05, 3.63) is 73.2 Å². The van der Waals surface area contributed by atoms with Crippen LogP contribution in [0.5, 0.6) is 5.75 Å². The molecule has 3 aromatic rings. The Morgan fingerprint density at radius 2 is 1.84 bits per heavy atom. The molecule has 0 bridgehead atoms. The molecule has 0 radical (unpaired) electrons. The summed E-state index contributed by atoms with van der Waals surface area (Å²) in [5.74, 6) is -0.170. The van der Waals surface area contributed by atoms with Gasteiger partial charge >= 0.3 is 0 Å². The first-order chi connectivity index (χ1) is 15.1. The van der Waals surface area contributed by atoms with Crippen LogP contribution in [0.2, 0.25) is 0 Å². The number of carbonyl (C=O) groups is 1. The summed E-state index contributed by atoms with van der Waals surface area (Å²) < 4.78 is 24.8. The number of methoxy groups -OCH3 is 1. The lowest BCUT2D eigenvalue weighted by Crippen LogP contribution is -2.10. The zero-order valence-corrected chi connectivity index (χ0v) is 16.9. The third kappa shape index (κ3) is 6.25. The molecule has 0 spiro atoms. The van der Waals surface area contributed by atoms with E-state index in [4.69, 9.17) is 9.47 Å². The second-order valence-electron chi connectivity index (χ2n) is 6.24. The summed E-state index contributed by atoms with van der Waals surface area (Å²) in [5, 5.41) is 8.56. The van der Waals surface area contributed by atoms with Gasteiger partial charge < -0.3 is 25.4 Å². The summed E-state index contributed by atoms with van der Waals surface area (Å²) in [6, 6.07) is 14.0. The standard InChI is InChI=1S/C22H22FN5O3/c1-3-20(29)26-18-6-4-5-7-19(18)27-21-17(23)14-24-22(28-21)25-15-8-10-16(11-9-15)31-13-12-30-2/h3-11,14H,1,12-13H2,2H3,(H,26,29)(H2,24,25,27,28). The third-order valence-electron chi connectivity index (χ3n) is 4.03. The van der Waals surface area contributed by atoms with Crippen LogP contribution < -0.4 is 20.7 Å². The molecule has 1 aromatic heterocycles. The fourth-order valence-electron chi connectivity index (χ4n) is 2.53. The molecule has 3 rings (SSSR count). The lowest BCUT2D eigenvalue weighted by Gasteiger charge is -2.13. The van der Waals surface area contributed by atoms with E-state index in [2.05, 4.69) is 32.5 Å². The van der Waals surface area contributed by atoms with Crippen LogP contribution in [0, 0.1) is 5.82 Å². The first-order valence-corrected chi connectivity index (χ1v) is 9.40. The number of anilines is 5. The van der Waals surface area contributed by atoms with Crippen molar-refractivity contribution in [3.8, 4) is 5.75 Å². The number of aromatic nitrogens is 2. The van der Waals surface area contributed by atoms with Crippen molar-refractivity contribution >= 4 is 34.7 Å². The highest BCUT2D eigenvalue weighted by Crippen LogP contribution is 2.27. The molecule has 0 saturated heterocycles. The number of carbonyl (C=O) groups excluding carboxylic acids is 1. The zero-order chi connectivity index (χ0) is 22.1. The van der Waals surface area contributed by atoms with E-state index < -0.39 is 5.82 Å². The van der Waals surface area contributed by atoms with Crippen LogP contribution in [0.4, 0.5) is 33.2 Å². The average Bonchev–Trinajstić information content (AvgIpc) is 2.78. The molecule has 2 aromatic carbocycles. The number of benzene rings is 2. The van der Waals surface area contributed by atoms with Crippen LogP contribution in [0.1, 0.15) is 0 Å². The van der Waals surface area contributed by atoms with Crippen LogP contribution in [0.3, 0.4) is 0 Å². The van der Waals surface area contributed by atoms with Crippen molar-refractivity contribution < 1.29 is 18.7 Å². The molecule has 9 heteroatoms. The molecule has 0 aliphatic rings. The van der Waals surface area contributed by atoms with Gasteiger partial charge in [-0.1, -0.05) is 18.7 Å². The maximum atomic E-state index is 14.3. The molecule has 31 heavy (non-hydrogen) atoms. The van der Waals surface area contributed by atoms with E-state index in [9.17, 15) is 9.18 Å². The van der Waals surface area contributed by atoms with Crippen molar-refractivity contribution in [3.63, 3.8) is 0 Å². The summed E-state index contributed by atoms with van der Waals surface area (Å²) >= 11 is 0. The summed E-state index contributed by atoms with van der Waals surface area (Å²) in [5.41, 5.74) is 1.64. The average molecular weight is 423 g/mol. The molecular weight excluding hydrogens is 401 g/mol. The first-order valence-electron chi connectivity index (χ1n) is 9.40. The highest BCUT2D eigenvalue weighted by molar-refractivity contribution is 6.01. The Morgan fingerprint density at radius 1 is 1.10 bits per heavy atom. The number of nitrogens with zero attached hydrogens (tertiary/aromatic N) is 2. The van der Waals surface area contributed by atoms with Gasteiger partial charge in [0.2, 0.25) is 11.9 Å². The minimum Gasteiger partial charge on any atom is -0.491 e. The molecule has 1 amide bonds. The van der Waals surface area contributed by atoms with E-state index in [1.807, 2.05) is 0 Å². The Hall–Kier alpha value is -3.98. The third-order valence-corrected chi connectivity index (χ3v) is 4.03. The van der Waals surface area contributed by atoms with Gasteiger partial charge in [0.15, 0.2) is 11.6 Å². The zero-order valence-electron chi connectivity index (χ0n) is 16.9. The van der Waals surface area contributed by atoms with Gasteiger partial charge in [-0.15, -0.1) is 0 Å². The predicted octanol–water partition coefficient (Wildman–Crippen LogP) is 4.25. The largest absolute Gasteiger partial charge is 0.491 e. The highest BCUT2D eigenvalue weighted by Gasteiger charge is 2.11. The Kier molecular flexibility index (Phi) is 7.50. The van der Waals surface area contributed by atoms with Crippen molar-refractivity contribution in [2.45, 2.75) is 0 Å². The molecule has 0 atom stereocenters. The van der Waals surface area contributed by atoms with Gasteiger partial charge in [0.05, 0.1) is 24.2 Å². The Labute approximate surface area is 179 Å². The van der Waals surface area contributed by atoms with Crippen molar-refractivity contribution in [2.24, 2.45) is 0 Å². The van der Waals surface area contributed by atoms with Crippen molar-refractivity contribution in [2.75, 3.05) is 36.3 Å². The van der Waals surface area contributed by atoms with E-state index in [1.165, 1.54) is 0 Å². The quantitative estimate of drug-likeness (QED) is 0.331. The summed E-state index contributed by atoms with van der Waals surface area (Å²) in [7, 11) is 1.61. The Bertz CT molecular complexity index is 1040. The van der Waals surface area contributed by atoms with Gasteiger partial charge in [-0.05, 0) is 42.5 Å². The van der Waals surface area contributed by atoms with E-state index in [1.54, 1.807) is 55.6 Å². The number of ether oxygens (including phenoxy) is 2. The normalized spacial score (nSPS) is 10.3. The van der Waals surface area contributed by atoms with Crippen LogP contribution in [0.15, 0.2) is 67.4 Å². The van der Waals surface area contributed by atoms with Crippen molar-refractivity contribution in [1.29, 1.82) is 0 Å². The highest BCUT2D eigenvalue weighted by atomic mass is 19.1. The monoisotopic (exact) mass is 423 g/mol. The fraction of sp³-hybridized carbons (Fsp3) is 0.136. The Balaban J connectivity index is 1.73. The van der Waals surface area contributed by atoms with Crippen molar-refractivity contribution in [1.82, 2.24) is 9.97 Å². The number of halogens is 1. The molecule has 0 aliphatic carbocycles.